The first-order valence-electron chi connectivity index (χ1n) is 8.43. The van der Waals surface area contributed by atoms with Crippen molar-refractivity contribution in [1.29, 1.82) is 0 Å². The normalized spacial score (nSPS) is 12.8. The average molecular weight is 370 g/mol. The summed E-state index contributed by atoms with van der Waals surface area (Å²) in [6.07, 6.45) is 9.30. The molecule has 3 aromatic rings. The number of hydrogen-bond donors (Lipinski definition) is 1. The van der Waals surface area contributed by atoms with Crippen LogP contribution in [-0.4, -0.2) is 19.9 Å². The number of aromatic nitrogens is 4. The van der Waals surface area contributed by atoms with Crippen molar-refractivity contribution in [2.45, 2.75) is 32.3 Å². The van der Waals surface area contributed by atoms with Crippen molar-refractivity contribution in [1.82, 2.24) is 19.9 Å². The zero-order chi connectivity index (χ0) is 17.1. The van der Waals surface area contributed by atoms with Gasteiger partial charge in [-0.2, -0.15) is 0 Å². The molecule has 0 aliphatic heterocycles. The first-order valence-corrected chi connectivity index (χ1v) is 8.43. The molecule has 0 fully saturated rings. The predicted molar refractivity (Wildman–Crippen MR) is 102 cm³/mol. The summed E-state index contributed by atoms with van der Waals surface area (Å²) < 4.78 is 5.90. The number of hydrogen-bond acceptors (Lipinski definition) is 6. The fraction of sp³-hybridized carbons (Fsp3) is 0.263. The van der Waals surface area contributed by atoms with Crippen LogP contribution in [0.5, 0.6) is 5.88 Å². The molecular weight excluding hydrogens is 350 g/mol. The molecule has 4 rings (SSSR count). The Hall–Kier alpha value is -2.73. The van der Waals surface area contributed by atoms with Crippen LogP contribution in [0.4, 0.5) is 5.82 Å². The maximum absolute atomic E-state index is 5.90. The summed E-state index contributed by atoms with van der Waals surface area (Å²) in [4.78, 5) is 17.6. The van der Waals surface area contributed by atoms with Crippen LogP contribution >= 0.6 is 12.4 Å². The molecule has 6 nitrogen and oxygen atoms in total. The number of rotatable bonds is 4. The van der Waals surface area contributed by atoms with Gasteiger partial charge in [0, 0.05) is 23.5 Å². The molecule has 1 aliphatic carbocycles. The lowest BCUT2D eigenvalue weighted by molar-refractivity contribution is 0.288. The third-order valence-corrected chi connectivity index (χ3v) is 4.30. The molecule has 0 unspecified atom stereocenters. The van der Waals surface area contributed by atoms with E-state index in [1.54, 1.807) is 18.6 Å². The minimum absolute atomic E-state index is 0. The number of pyridine rings is 2. The predicted octanol–water partition coefficient (Wildman–Crippen LogP) is 3.40. The maximum atomic E-state index is 5.90. The molecule has 134 valence electrons. The van der Waals surface area contributed by atoms with E-state index >= 15 is 0 Å². The van der Waals surface area contributed by atoms with E-state index in [4.69, 9.17) is 15.5 Å². The standard InChI is InChI=1S/C19H19N5O.ClH/c20-18-11-21-10-17(23-18)15-9-19(24-16-7-2-1-6-14(15)16)25-12-13-5-3-4-8-22-13;/h3-5,8-11H,1-2,6-7,12H2,(H2,20,23);1H. The zero-order valence-corrected chi connectivity index (χ0v) is 15.1. The highest BCUT2D eigenvalue weighted by atomic mass is 35.5. The smallest absolute Gasteiger partial charge is 0.214 e. The summed E-state index contributed by atoms with van der Waals surface area (Å²) in [5, 5.41) is 0. The van der Waals surface area contributed by atoms with E-state index in [1.165, 1.54) is 5.56 Å². The third kappa shape index (κ3) is 3.91. The molecule has 0 aromatic carbocycles. The lowest BCUT2D eigenvalue weighted by atomic mass is 9.91. The largest absolute Gasteiger partial charge is 0.471 e. The Bertz CT molecular complexity index is 888. The van der Waals surface area contributed by atoms with Crippen LogP contribution in [0.15, 0.2) is 42.9 Å². The second-order valence-corrected chi connectivity index (χ2v) is 6.08. The van der Waals surface area contributed by atoms with E-state index < -0.39 is 0 Å². The van der Waals surface area contributed by atoms with Gasteiger partial charge in [-0.15, -0.1) is 12.4 Å². The van der Waals surface area contributed by atoms with E-state index in [0.29, 0.717) is 18.3 Å². The topological polar surface area (TPSA) is 86.8 Å². The van der Waals surface area contributed by atoms with Gasteiger partial charge in [-0.1, -0.05) is 6.07 Å². The lowest BCUT2D eigenvalue weighted by Crippen LogP contribution is -2.10. The van der Waals surface area contributed by atoms with Crippen LogP contribution in [0.1, 0.15) is 29.8 Å². The second-order valence-electron chi connectivity index (χ2n) is 6.08. The SMILES string of the molecule is Cl.Nc1cncc(-c2cc(OCc3ccccn3)nc3c2CCCC3)n1. The number of anilines is 1. The summed E-state index contributed by atoms with van der Waals surface area (Å²) in [6.45, 7) is 0.384. The van der Waals surface area contributed by atoms with Crippen LogP contribution in [0.25, 0.3) is 11.3 Å². The van der Waals surface area contributed by atoms with E-state index in [1.807, 2.05) is 24.3 Å². The second kappa shape index (κ2) is 8.10. The summed E-state index contributed by atoms with van der Waals surface area (Å²) in [5.41, 5.74) is 10.8. The molecule has 0 saturated heterocycles. The number of nitrogens with two attached hydrogens (primary N) is 1. The molecule has 2 N–H and O–H groups in total. The van der Waals surface area contributed by atoms with E-state index in [2.05, 4.69) is 15.0 Å². The molecule has 7 heteroatoms. The van der Waals surface area contributed by atoms with Gasteiger partial charge in [0.25, 0.3) is 0 Å². The first-order chi connectivity index (χ1) is 12.3. The number of ether oxygens (including phenoxy) is 1. The molecule has 0 spiro atoms. The van der Waals surface area contributed by atoms with Gasteiger partial charge in [0.15, 0.2) is 0 Å². The Kier molecular flexibility index (Phi) is 5.63. The molecule has 0 saturated carbocycles. The number of nitrogens with zero attached hydrogens (tertiary/aromatic N) is 4. The Labute approximate surface area is 158 Å². The summed E-state index contributed by atoms with van der Waals surface area (Å²) in [5.74, 6) is 1.00. The Morgan fingerprint density at radius 3 is 2.77 bits per heavy atom. The quantitative estimate of drug-likeness (QED) is 0.758. The molecule has 0 atom stereocenters. The summed E-state index contributed by atoms with van der Waals surface area (Å²) >= 11 is 0. The average Bonchev–Trinajstić information content (AvgIpc) is 2.66. The molecular formula is C19H20ClN5O. The highest BCUT2D eigenvalue weighted by Gasteiger charge is 2.19. The van der Waals surface area contributed by atoms with Crippen LogP contribution < -0.4 is 10.5 Å². The molecule has 0 bridgehead atoms. The summed E-state index contributed by atoms with van der Waals surface area (Å²) in [6, 6.07) is 7.70. The molecule has 3 heterocycles. The molecule has 0 amide bonds. The van der Waals surface area contributed by atoms with Crippen molar-refractivity contribution >= 4 is 18.2 Å². The lowest BCUT2D eigenvalue weighted by Gasteiger charge is -2.20. The fourth-order valence-electron chi connectivity index (χ4n) is 3.12. The van der Waals surface area contributed by atoms with Gasteiger partial charge >= 0.3 is 0 Å². The van der Waals surface area contributed by atoms with Crippen LogP contribution in [0, 0.1) is 0 Å². The number of fused-ring (bicyclic) bond motifs is 1. The first kappa shape index (κ1) is 18.1. The molecule has 1 aliphatic rings. The van der Waals surface area contributed by atoms with E-state index in [-0.39, 0.29) is 12.4 Å². The van der Waals surface area contributed by atoms with Gasteiger partial charge in [0.1, 0.15) is 12.4 Å². The zero-order valence-electron chi connectivity index (χ0n) is 14.3. The minimum atomic E-state index is 0. The monoisotopic (exact) mass is 369 g/mol. The van der Waals surface area contributed by atoms with E-state index in [0.717, 1.165) is 48.3 Å². The highest BCUT2D eigenvalue weighted by Crippen LogP contribution is 2.32. The van der Waals surface area contributed by atoms with Crippen molar-refractivity contribution in [3.05, 3.63) is 59.8 Å². The van der Waals surface area contributed by atoms with Gasteiger partial charge in [-0.3, -0.25) is 9.97 Å². The number of halogens is 1. The Balaban J connectivity index is 0.00000196. The Morgan fingerprint density at radius 1 is 1.08 bits per heavy atom. The fourth-order valence-corrected chi connectivity index (χ4v) is 3.12. The number of aryl methyl sites for hydroxylation is 1. The van der Waals surface area contributed by atoms with Crippen LogP contribution in [0.3, 0.4) is 0 Å². The van der Waals surface area contributed by atoms with Crippen molar-refractivity contribution in [2.24, 2.45) is 0 Å². The van der Waals surface area contributed by atoms with Gasteiger partial charge in [0.05, 0.1) is 23.8 Å². The molecule has 3 aromatic heterocycles. The molecule has 0 radical (unpaired) electrons. The Morgan fingerprint density at radius 2 is 1.96 bits per heavy atom. The van der Waals surface area contributed by atoms with Crippen LogP contribution in [0.2, 0.25) is 0 Å². The maximum Gasteiger partial charge on any atom is 0.214 e. The van der Waals surface area contributed by atoms with Crippen molar-refractivity contribution in [2.75, 3.05) is 5.73 Å². The van der Waals surface area contributed by atoms with Crippen LogP contribution in [-0.2, 0) is 19.4 Å². The van der Waals surface area contributed by atoms with Gasteiger partial charge in [0.2, 0.25) is 5.88 Å². The van der Waals surface area contributed by atoms with Crippen molar-refractivity contribution in [3.8, 4) is 17.1 Å². The molecule has 26 heavy (non-hydrogen) atoms. The van der Waals surface area contributed by atoms with Crippen molar-refractivity contribution < 1.29 is 4.74 Å². The third-order valence-electron chi connectivity index (χ3n) is 4.30. The number of nitrogen functional groups attached to an aromatic ring is 1. The summed E-state index contributed by atoms with van der Waals surface area (Å²) in [7, 11) is 0. The van der Waals surface area contributed by atoms with E-state index in [9.17, 15) is 0 Å². The minimum Gasteiger partial charge on any atom is -0.471 e. The van der Waals surface area contributed by atoms with Gasteiger partial charge in [-0.25, -0.2) is 9.97 Å². The van der Waals surface area contributed by atoms with Gasteiger partial charge in [-0.05, 0) is 43.4 Å². The van der Waals surface area contributed by atoms with Gasteiger partial charge < -0.3 is 10.5 Å². The highest BCUT2D eigenvalue weighted by molar-refractivity contribution is 5.85. The van der Waals surface area contributed by atoms with Crippen molar-refractivity contribution in [3.63, 3.8) is 0 Å².